The maximum atomic E-state index is 12.6. The van der Waals surface area contributed by atoms with Gasteiger partial charge in [0, 0.05) is 36.5 Å². The minimum absolute atomic E-state index is 0.0102. The predicted molar refractivity (Wildman–Crippen MR) is 113 cm³/mol. The second kappa shape index (κ2) is 10.1. The van der Waals surface area contributed by atoms with Gasteiger partial charge < -0.3 is 19.7 Å². The summed E-state index contributed by atoms with van der Waals surface area (Å²) in [5, 5.41) is 2.86. The minimum atomic E-state index is -0.226. The van der Waals surface area contributed by atoms with Crippen molar-refractivity contribution < 1.29 is 19.1 Å². The lowest BCUT2D eigenvalue weighted by Crippen LogP contribution is -2.30. The number of amides is 2. The number of benzene rings is 2. The first-order valence-electron chi connectivity index (χ1n) is 10.2. The zero-order valence-corrected chi connectivity index (χ0v) is 17.0. The van der Waals surface area contributed by atoms with Gasteiger partial charge in [0.1, 0.15) is 12.4 Å². The topological polar surface area (TPSA) is 67.9 Å². The molecule has 154 valence electrons. The highest BCUT2D eigenvalue weighted by Crippen LogP contribution is 2.19. The van der Waals surface area contributed by atoms with E-state index in [4.69, 9.17) is 9.47 Å². The molecule has 1 atom stereocenters. The lowest BCUT2D eigenvalue weighted by Gasteiger charge is -2.18. The van der Waals surface area contributed by atoms with E-state index in [0.29, 0.717) is 42.3 Å². The van der Waals surface area contributed by atoms with Crippen molar-refractivity contribution in [2.75, 3.05) is 31.6 Å². The van der Waals surface area contributed by atoms with Gasteiger partial charge in [0.2, 0.25) is 0 Å². The molecule has 1 saturated heterocycles. The van der Waals surface area contributed by atoms with E-state index in [1.165, 1.54) is 0 Å². The molecule has 6 nitrogen and oxygen atoms in total. The lowest BCUT2D eigenvalue weighted by atomic mass is 10.1. The molecular formula is C23H28N2O4. The molecule has 1 aliphatic heterocycles. The molecule has 1 unspecified atom stereocenters. The third-order valence-corrected chi connectivity index (χ3v) is 5.00. The first-order valence-corrected chi connectivity index (χ1v) is 10.2. The highest BCUT2D eigenvalue weighted by molar-refractivity contribution is 6.04. The van der Waals surface area contributed by atoms with Crippen LogP contribution in [0, 0.1) is 0 Å². The summed E-state index contributed by atoms with van der Waals surface area (Å²) in [6, 6.07) is 14.0. The average Bonchev–Trinajstić information content (AvgIpc) is 3.27. The maximum Gasteiger partial charge on any atom is 0.255 e. The van der Waals surface area contributed by atoms with Crippen LogP contribution in [0.15, 0.2) is 48.5 Å². The molecule has 1 heterocycles. The van der Waals surface area contributed by atoms with Crippen LogP contribution in [0.25, 0.3) is 0 Å². The van der Waals surface area contributed by atoms with Gasteiger partial charge in [0.15, 0.2) is 0 Å². The molecule has 2 amide bonds. The van der Waals surface area contributed by atoms with Gasteiger partial charge in [-0.05, 0) is 69.2 Å². The summed E-state index contributed by atoms with van der Waals surface area (Å²) in [5.74, 6) is 0.410. The van der Waals surface area contributed by atoms with Crippen LogP contribution < -0.4 is 10.1 Å². The molecule has 0 aliphatic carbocycles. The van der Waals surface area contributed by atoms with Crippen LogP contribution in [-0.2, 0) is 4.74 Å². The van der Waals surface area contributed by atoms with Crippen molar-refractivity contribution in [3.63, 3.8) is 0 Å². The number of rotatable bonds is 8. The highest BCUT2D eigenvalue weighted by Gasteiger charge is 2.16. The average molecular weight is 396 g/mol. The Kier molecular flexibility index (Phi) is 7.25. The van der Waals surface area contributed by atoms with Crippen molar-refractivity contribution in [1.82, 2.24) is 4.90 Å². The molecule has 0 aromatic heterocycles. The third kappa shape index (κ3) is 5.57. The number of hydrogen-bond donors (Lipinski definition) is 1. The third-order valence-electron chi connectivity index (χ3n) is 5.00. The molecule has 2 aromatic rings. The van der Waals surface area contributed by atoms with Crippen molar-refractivity contribution >= 4 is 17.5 Å². The van der Waals surface area contributed by atoms with Gasteiger partial charge in [-0.15, -0.1) is 0 Å². The Hall–Kier alpha value is -2.86. The van der Waals surface area contributed by atoms with E-state index in [1.807, 2.05) is 19.9 Å². The van der Waals surface area contributed by atoms with Crippen molar-refractivity contribution in [3.05, 3.63) is 59.7 Å². The number of nitrogens with zero attached hydrogens (tertiary/aromatic N) is 1. The van der Waals surface area contributed by atoms with Gasteiger partial charge in [0.05, 0.1) is 6.10 Å². The van der Waals surface area contributed by atoms with Gasteiger partial charge in [-0.3, -0.25) is 9.59 Å². The van der Waals surface area contributed by atoms with E-state index < -0.39 is 0 Å². The minimum Gasteiger partial charge on any atom is -0.491 e. The molecule has 0 bridgehead atoms. The molecule has 6 heteroatoms. The summed E-state index contributed by atoms with van der Waals surface area (Å²) in [4.78, 5) is 26.7. The van der Waals surface area contributed by atoms with Gasteiger partial charge in [-0.25, -0.2) is 0 Å². The number of nitrogens with one attached hydrogen (secondary N) is 1. The molecular weight excluding hydrogens is 368 g/mol. The number of ether oxygens (including phenoxy) is 2. The summed E-state index contributed by atoms with van der Waals surface area (Å²) in [6.07, 6.45) is 2.20. The number of hydrogen-bond acceptors (Lipinski definition) is 4. The largest absolute Gasteiger partial charge is 0.491 e. The summed E-state index contributed by atoms with van der Waals surface area (Å²) >= 11 is 0. The second-order valence-corrected chi connectivity index (χ2v) is 6.98. The van der Waals surface area contributed by atoms with Crippen molar-refractivity contribution in [2.24, 2.45) is 0 Å². The molecule has 0 spiro atoms. The number of carbonyl (C=O) groups excluding carboxylic acids is 2. The second-order valence-electron chi connectivity index (χ2n) is 6.98. The first kappa shape index (κ1) is 20.9. The van der Waals surface area contributed by atoms with Crippen molar-refractivity contribution in [3.8, 4) is 5.75 Å². The Morgan fingerprint density at radius 1 is 1.10 bits per heavy atom. The molecule has 1 N–H and O–H groups in total. The van der Waals surface area contributed by atoms with E-state index >= 15 is 0 Å². The van der Waals surface area contributed by atoms with Gasteiger partial charge in [0.25, 0.3) is 11.8 Å². The maximum absolute atomic E-state index is 12.6. The monoisotopic (exact) mass is 396 g/mol. The summed E-state index contributed by atoms with van der Waals surface area (Å²) in [7, 11) is 0. The van der Waals surface area contributed by atoms with Crippen LogP contribution in [0.3, 0.4) is 0 Å². The molecule has 0 saturated carbocycles. The van der Waals surface area contributed by atoms with E-state index in [9.17, 15) is 9.59 Å². The molecule has 29 heavy (non-hydrogen) atoms. The Bertz CT molecular complexity index is 825. The predicted octanol–water partition coefficient (Wildman–Crippen LogP) is 3.98. The molecule has 0 radical (unpaired) electrons. The van der Waals surface area contributed by atoms with Crippen LogP contribution >= 0.6 is 0 Å². The fourth-order valence-electron chi connectivity index (χ4n) is 3.28. The Morgan fingerprint density at radius 3 is 2.52 bits per heavy atom. The van der Waals surface area contributed by atoms with Crippen LogP contribution in [0.5, 0.6) is 5.75 Å². The quantitative estimate of drug-likeness (QED) is 0.733. The first-order chi connectivity index (χ1) is 14.1. The standard InChI is InChI=1S/C23H28N2O4/c1-3-25(4-2)23(27)17-10-12-19(13-11-17)24-22(26)18-7-5-8-20(15-18)29-16-21-9-6-14-28-21/h5,7-8,10-13,15,21H,3-4,6,9,14,16H2,1-2H3,(H,24,26). The van der Waals surface area contributed by atoms with Crippen LogP contribution in [0.4, 0.5) is 5.69 Å². The van der Waals surface area contributed by atoms with Gasteiger partial charge >= 0.3 is 0 Å². The van der Waals surface area contributed by atoms with E-state index in [1.54, 1.807) is 47.4 Å². The van der Waals surface area contributed by atoms with E-state index in [0.717, 1.165) is 19.4 Å². The fraction of sp³-hybridized carbons (Fsp3) is 0.391. The Balaban J connectivity index is 1.59. The molecule has 3 rings (SSSR count). The van der Waals surface area contributed by atoms with Crippen LogP contribution in [0.1, 0.15) is 47.4 Å². The summed E-state index contributed by atoms with van der Waals surface area (Å²) in [5.41, 5.74) is 1.76. The smallest absolute Gasteiger partial charge is 0.255 e. The molecule has 1 fully saturated rings. The highest BCUT2D eigenvalue weighted by atomic mass is 16.5. The lowest BCUT2D eigenvalue weighted by molar-refractivity contribution is 0.0679. The number of carbonyl (C=O) groups is 2. The zero-order chi connectivity index (χ0) is 20.6. The van der Waals surface area contributed by atoms with Crippen molar-refractivity contribution in [1.29, 1.82) is 0 Å². The number of anilines is 1. The summed E-state index contributed by atoms with van der Waals surface area (Å²) < 4.78 is 11.3. The Morgan fingerprint density at radius 2 is 1.86 bits per heavy atom. The molecule has 1 aliphatic rings. The van der Waals surface area contributed by atoms with E-state index in [-0.39, 0.29) is 17.9 Å². The van der Waals surface area contributed by atoms with Gasteiger partial charge in [-0.2, -0.15) is 0 Å². The molecule has 2 aromatic carbocycles. The zero-order valence-electron chi connectivity index (χ0n) is 17.0. The van der Waals surface area contributed by atoms with Crippen LogP contribution in [0.2, 0.25) is 0 Å². The summed E-state index contributed by atoms with van der Waals surface area (Å²) in [6.45, 7) is 6.52. The fourth-order valence-corrected chi connectivity index (χ4v) is 3.28. The Labute approximate surface area is 171 Å². The van der Waals surface area contributed by atoms with Gasteiger partial charge in [-0.1, -0.05) is 6.07 Å². The SMILES string of the molecule is CCN(CC)C(=O)c1ccc(NC(=O)c2cccc(OCC3CCCO3)c2)cc1. The normalized spacial score (nSPS) is 15.7. The van der Waals surface area contributed by atoms with Crippen LogP contribution in [-0.4, -0.2) is 49.1 Å². The van der Waals surface area contributed by atoms with E-state index in [2.05, 4.69) is 5.32 Å². The van der Waals surface area contributed by atoms with Crippen molar-refractivity contribution in [2.45, 2.75) is 32.8 Å².